The average molecular weight is 287 g/mol. The number of anilines is 1. The Kier molecular flexibility index (Phi) is 4.33. The van der Waals surface area contributed by atoms with Crippen LogP contribution >= 0.6 is 11.6 Å². The van der Waals surface area contributed by atoms with E-state index in [2.05, 4.69) is 4.98 Å². The van der Waals surface area contributed by atoms with Crippen LogP contribution in [0.1, 0.15) is 10.4 Å². The number of carboxylic acid groups (broad SMARTS) is 1. The molecule has 0 aromatic carbocycles. The Morgan fingerprint density at radius 1 is 1.56 bits per heavy atom. The monoisotopic (exact) mass is 286 g/mol. The number of rotatable bonds is 5. The molecule has 0 aliphatic carbocycles. The highest BCUT2D eigenvalue weighted by atomic mass is 35.5. The molecule has 0 amide bonds. The number of hydrogen-bond donors (Lipinski definition) is 2. The van der Waals surface area contributed by atoms with Crippen molar-refractivity contribution in [3.8, 4) is 0 Å². The predicted octanol–water partition coefficient (Wildman–Crippen LogP) is 2.75. The third-order valence-electron chi connectivity index (χ3n) is 1.93. The molecule has 0 atom stereocenters. The maximum atomic E-state index is 12.6. The zero-order valence-corrected chi connectivity index (χ0v) is 9.39. The van der Waals surface area contributed by atoms with Gasteiger partial charge in [-0.25, -0.2) is 18.6 Å². The molecule has 0 bridgehead atoms. The zero-order valence-electron chi connectivity index (χ0n) is 8.63. The summed E-state index contributed by atoms with van der Waals surface area (Å²) in [6.45, 7) is -1.40. The lowest BCUT2D eigenvalue weighted by Gasteiger charge is -2.16. The van der Waals surface area contributed by atoms with Gasteiger partial charge in [0.1, 0.15) is 5.82 Å². The number of nitrogens with one attached hydrogen (secondary N) is 1. The van der Waals surface area contributed by atoms with Crippen LogP contribution in [0, 0.1) is 0 Å². The SMILES string of the molecule is O=C(O)c1ccnc(NCC(F)(F)C(F)F)c1Cl. The maximum Gasteiger partial charge on any atom is 0.337 e. The van der Waals surface area contributed by atoms with Gasteiger partial charge in [0, 0.05) is 6.20 Å². The molecule has 0 unspecified atom stereocenters. The lowest BCUT2D eigenvalue weighted by Crippen LogP contribution is -2.35. The summed E-state index contributed by atoms with van der Waals surface area (Å²) in [6, 6.07) is 1.06. The highest BCUT2D eigenvalue weighted by molar-refractivity contribution is 6.35. The zero-order chi connectivity index (χ0) is 13.9. The van der Waals surface area contributed by atoms with E-state index in [0.717, 1.165) is 12.3 Å². The Hall–Kier alpha value is -1.57. The minimum absolute atomic E-state index is 0.366. The van der Waals surface area contributed by atoms with Gasteiger partial charge < -0.3 is 10.4 Å². The summed E-state index contributed by atoms with van der Waals surface area (Å²) in [6.07, 6.45) is -2.83. The summed E-state index contributed by atoms with van der Waals surface area (Å²) in [5.41, 5.74) is -0.366. The van der Waals surface area contributed by atoms with E-state index in [9.17, 15) is 22.4 Å². The van der Waals surface area contributed by atoms with Gasteiger partial charge >= 0.3 is 18.3 Å². The number of aromatic nitrogens is 1. The van der Waals surface area contributed by atoms with Crippen LogP contribution in [0.4, 0.5) is 23.4 Å². The Morgan fingerprint density at radius 2 is 2.17 bits per heavy atom. The summed E-state index contributed by atoms with van der Waals surface area (Å²) >= 11 is 5.57. The van der Waals surface area contributed by atoms with E-state index >= 15 is 0 Å². The van der Waals surface area contributed by atoms with E-state index in [-0.39, 0.29) is 5.56 Å². The Labute approximate surface area is 104 Å². The van der Waals surface area contributed by atoms with Crippen molar-refractivity contribution in [3.05, 3.63) is 22.8 Å². The van der Waals surface area contributed by atoms with Crippen molar-refractivity contribution in [3.63, 3.8) is 0 Å². The molecule has 0 aliphatic heterocycles. The molecule has 1 rings (SSSR count). The van der Waals surface area contributed by atoms with E-state index < -0.39 is 35.7 Å². The van der Waals surface area contributed by atoms with E-state index in [0.29, 0.717) is 0 Å². The molecule has 0 fully saturated rings. The van der Waals surface area contributed by atoms with E-state index in [1.54, 1.807) is 0 Å². The third-order valence-corrected chi connectivity index (χ3v) is 2.31. The fourth-order valence-electron chi connectivity index (χ4n) is 1.01. The summed E-state index contributed by atoms with van der Waals surface area (Å²) < 4.78 is 49.0. The molecule has 18 heavy (non-hydrogen) atoms. The Bertz CT molecular complexity index is 456. The third kappa shape index (κ3) is 3.22. The van der Waals surface area contributed by atoms with E-state index in [1.165, 1.54) is 0 Å². The molecule has 4 nitrogen and oxygen atoms in total. The standard InChI is InChI=1S/C9H7ClF4N2O2/c10-5-4(7(17)18)1-2-15-6(5)16-3-9(13,14)8(11)12/h1-2,8H,3H2,(H,15,16)(H,17,18). The number of pyridine rings is 1. The van der Waals surface area contributed by atoms with Crippen LogP contribution in [0.15, 0.2) is 12.3 Å². The minimum atomic E-state index is -4.26. The molecule has 2 N–H and O–H groups in total. The molecule has 1 aromatic rings. The summed E-state index contributed by atoms with van der Waals surface area (Å²) in [7, 11) is 0. The van der Waals surface area contributed by atoms with Gasteiger partial charge in [0.25, 0.3) is 0 Å². The minimum Gasteiger partial charge on any atom is -0.478 e. The van der Waals surface area contributed by atoms with Crippen molar-refractivity contribution < 1.29 is 27.5 Å². The first-order valence-corrected chi connectivity index (χ1v) is 4.91. The van der Waals surface area contributed by atoms with E-state index in [1.807, 2.05) is 5.32 Å². The van der Waals surface area contributed by atoms with Crippen LogP contribution in [0.2, 0.25) is 5.02 Å². The molecular formula is C9H7ClF4N2O2. The molecule has 100 valence electrons. The number of hydrogen-bond acceptors (Lipinski definition) is 3. The van der Waals surface area contributed by atoms with Gasteiger partial charge in [0.15, 0.2) is 0 Å². The van der Waals surface area contributed by atoms with Crippen LogP contribution in [0.5, 0.6) is 0 Å². The van der Waals surface area contributed by atoms with Gasteiger partial charge in [0.2, 0.25) is 0 Å². The number of alkyl halides is 4. The van der Waals surface area contributed by atoms with Crippen LogP contribution < -0.4 is 5.32 Å². The summed E-state index contributed by atoms with van der Waals surface area (Å²) in [4.78, 5) is 14.2. The summed E-state index contributed by atoms with van der Waals surface area (Å²) in [5.74, 6) is -6.03. The second kappa shape index (κ2) is 5.38. The lowest BCUT2D eigenvalue weighted by molar-refractivity contribution is -0.117. The highest BCUT2D eigenvalue weighted by Gasteiger charge is 2.40. The first kappa shape index (κ1) is 14.5. The number of carboxylic acids is 1. The number of halogens is 5. The first-order chi connectivity index (χ1) is 8.25. The fourth-order valence-corrected chi connectivity index (χ4v) is 1.27. The molecule has 0 saturated carbocycles. The molecule has 9 heteroatoms. The number of carbonyl (C=O) groups is 1. The normalized spacial score (nSPS) is 11.7. The number of aromatic carboxylic acids is 1. The van der Waals surface area contributed by atoms with Crippen molar-refractivity contribution in [1.29, 1.82) is 0 Å². The van der Waals surface area contributed by atoms with Crippen molar-refractivity contribution in [1.82, 2.24) is 4.98 Å². The van der Waals surface area contributed by atoms with E-state index in [4.69, 9.17) is 16.7 Å². The molecular weight excluding hydrogens is 280 g/mol. The quantitative estimate of drug-likeness (QED) is 0.817. The van der Waals surface area contributed by atoms with Crippen molar-refractivity contribution in [2.24, 2.45) is 0 Å². The van der Waals surface area contributed by atoms with Gasteiger partial charge in [-0.15, -0.1) is 0 Å². The van der Waals surface area contributed by atoms with Gasteiger partial charge in [-0.05, 0) is 6.07 Å². The van der Waals surface area contributed by atoms with Gasteiger partial charge in [-0.3, -0.25) is 0 Å². The molecule has 0 radical (unpaired) electrons. The molecule has 0 spiro atoms. The molecule has 0 saturated heterocycles. The van der Waals surface area contributed by atoms with Crippen LogP contribution in [-0.4, -0.2) is 35.0 Å². The van der Waals surface area contributed by atoms with Crippen LogP contribution in [0.3, 0.4) is 0 Å². The topological polar surface area (TPSA) is 62.2 Å². The number of nitrogens with zero attached hydrogens (tertiary/aromatic N) is 1. The molecule has 1 heterocycles. The van der Waals surface area contributed by atoms with Gasteiger partial charge in [-0.2, -0.15) is 8.78 Å². The van der Waals surface area contributed by atoms with Crippen LogP contribution in [0.25, 0.3) is 0 Å². The Morgan fingerprint density at radius 3 is 2.67 bits per heavy atom. The second-order valence-electron chi connectivity index (χ2n) is 3.24. The predicted molar refractivity (Wildman–Crippen MR) is 55.6 cm³/mol. The molecule has 1 aromatic heterocycles. The fraction of sp³-hybridized carbons (Fsp3) is 0.333. The van der Waals surface area contributed by atoms with Crippen molar-refractivity contribution in [2.45, 2.75) is 12.3 Å². The molecule has 0 aliphatic rings. The van der Waals surface area contributed by atoms with Crippen molar-refractivity contribution >= 4 is 23.4 Å². The smallest absolute Gasteiger partial charge is 0.337 e. The van der Waals surface area contributed by atoms with Gasteiger partial charge in [-0.1, -0.05) is 11.6 Å². The second-order valence-corrected chi connectivity index (χ2v) is 3.62. The summed E-state index contributed by atoms with van der Waals surface area (Å²) in [5, 5.41) is 10.2. The van der Waals surface area contributed by atoms with Gasteiger partial charge in [0.05, 0.1) is 17.1 Å². The lowest BCUT2D eigenvalue weighted by atomic mass is 10.2. The van der Waals surface area contributed by atoms with Crippen molar-refractivity contribution in [2.75, 3.05) is 11.9 Å². The first-order valence-electron chi connectivity index (χ1n) is 4.53. The highest BCUT2D eigenvalue weighted by Crippen LogP contribution is 2.27. The maximum absolute atomic E-state index is 12.6. The van der Waals surface area contributed by atoms with Crippen LogP contribution in [-0.2, 0) is 0 Å². The Balaban J connectivity index is 2.87. The average Bonchev–Trinajstić information content (AvgIpc) is 2.27. The largest absolute Gasteiger partial charge is 0.478 e.